The van der Waals surface area contributed by atoms with Gasteiger partial charge in [0.25, 0.3) is 0 Å². The topological polar surface area (TPSA) is 141 Å². The Bertz CT molecular complexity index is 1120. The first-order valence-electron chi connectivity index (χ1n) is 11.2. The second-order valence-electron chi connectivity index (χ2n) is 7.98. The maximum Gasteiger partial charge on any atom is 0.305 e. The van der Waals surface area contributed by atoms with Gasteiger partial charge in [0.05, 0.1) is 36.3 Å². The van der Waals surface area contributed by atoms with Crippen LogP contribution in [0.15, 0.2) is 30.3 Å². The van der Waals surface area contributed by atoms with E-state index in [4.69, 9.17) is 5.11 Å². The summed E-state index contributed by atoms with van der Waals surface area (Å²) in [5, 5.41) is 28.8. The number of aliphatic hydroxyl groups excluding tert-OH is 2. The summed E-state index contributed by atoms with van der Waals surface area (Å²) in [6, 6.07) is 5.49. The molecule has 0 saturated heterocycles. The predicted molar refractivity (Wildman–Crippen MR) is 134 cm³/mol. The van der Waals surface area contributed by atoms with Crippen molar-refractivity contribution in [2.45, 2.75) is 58.7 Å². The number of hydrogen-bond donors (Lipinski definition) is 3. The van der Waals surface area contributed by atoms with E-state index in [0.29, 0.717) is 22.5 Å². The normalized spacial score (nSPS) is 13.3. The van der Waals surface area contributed by atoms with Crippen LogP contribution in [0.1, 0.15) is 57.7 Å². The lowest BCUT2D eigenvalue weighted by Crippen LogP contribution is -2.27. The summed E-state index contributed by atoms with van der Waals surface area (Å²) in [7, 11) is -2.33. The second-order valence-corrected chi connectivity index (χ2v) is 9.99. The summed E-state index contributed by atoms with van der Waals surface area (Å²) >= 11 is 0. The smallest absolute Gasteiger partial charge is 0.305 e. The number of aliphatic hydroxyl groups is 2. The Morgan fingerprint density at radius 1 is 1.14 bits per heavy atom. The number of sulfonamides is 1. The van der Waals surface area contributed by atoms with E-state index in [1.807, 2.05) is 27.7 Å². The third kappa shape index (κ3) is 9.00. The highest BCUT2D eigenvalue weighted by molar-refractivity contribution is 7.92. The molecule has 0 aliphatic heterocycles. The van der Waals surface area contributed by atoms with Gasteiger partial charge in [0, 0.05) is 24.6 Å². The summed E-state index contributed by atoms with van der Waals surface area (Å²) in [4.78, 5) is 19.6. The number of aromatic nitrogens is 2. The minimum absolute atomic E-state index is 0.0601. The van der Waals surface area contributed by atoms with Crippen molar-refractivity contribution in [3.8, 4) is 11.3 Å². The summed E-state index contributed by atoms with van der Waals surface area (Å²) < 4.78 is 38.6. The molecule has 194 valence electrons. The quantitative estimate of drug-likeness (QED) is 0.441. The molecule has 1 aromatic heterocycles. The molecule has 0 aliphatic rings. The van der Waals surface area contributed by atoms with Crippen molar-refractivity contribution in [2.75, 3.05) is 17.6 Å². The molecular weight excluding hydrogens is 477 g/mol. The van der Waals surface area contributed by atoms with Crippen LogP contribution in [0.3, 0.4) is 0 Å². The van der Waals surface area contributed by atoms with Gasteiger partial charge in [-0.05, 0) is 30.2 Å². The summed E-state index contributed by atoms with van der Waals surface area (Å²) in [5.41, 5.74) is 1.80. The molecule has 9 nitrogen and oxygen atoms in total. The number of rotatable bonds is 10. The van der Waals surface area contributed by atoms with Crippen LogP contribution in [-0.4, -0.2) is 65.2 Å². The van der Waals surface area contributed by atoms with Crippen molar-refractivity contribution in [3.05, 3.63) is 47.4 Å². The number of carboxylic acid groups (broad SMARTS) is 1. The van der Waals surface area contributed by atoms with Crippen LogP contribution in [0.5, 0.6) is 0 Å². The number of halogens is 1. The summed E-state index contributed by atoms with van der Waals surface area (Å²) in [6.45, 7) is 7.71. The van der Waals surface area contributed by atoms with Gasteiger partial charge in [-0.2, -0.15) is 0 Å². The Kier molecular flexibility index (Phi) is 11.4. The molecule has 2 rings (SSSR count). The van der Waals surface area contributed by atoms with Crippen LogP contribution in [-0.2, 0) is 14.8 Å². The van der Waals surface area contributed by atoms with Crippen LogP contribution < -0.4 is 4.31 Å². The van der Waals surface area contributed by atoms with Crippen LogP contribution in [0, 0.1) is 5.82 Å². The molecule has 3 N–H and O–H groups in total. The third-order valence-corrected chi connectivity index (χ3v) is 5.97. The predicted octanol–water partition coefficient (Wildman–Crippen LogP) is 3.43. The van der Waals surface area contributed by atoms with Gasteiger partial charge in [0.1, 0.15) is 5.82 Å². The second kappa shape index (κ2) is 13.3. The zero-order chi connectivity index (χ0) is 26.9. The number of hydrogen-bond acceptors (Lipinski definition) is 7. The summed E-state index contributed by atoms with van der Waals surface area (Å²) in [5.74, 6) is -1.87. The lowest BCUT2D eigenvalue weighted by molar-refractivity contribution is -0.139. The van der Waals surface area contributed by atoms with Gasteiger partial charge in [0.2, 0.25) is 16.0 Å². The molecule has 2 unspecified atom stereocenters. The Hall–Kier alpha value is -2.89. The van der Waals surface area contributed by atoms with Crippen molar-refractivity contribution in [2.24, 2.45) is 0 Å². The van der Waals surface area contributed by atoms with E-state index in [-0.39, 0.29) is 18.3 Å². The van der Waals surface area contributed by atoms with E-state index < -0.39 is 40.4 Å². The van der Waals surface area contributed by atoms with E-state index in [9.17, 15) is 27.8 Å². The fourth-order valence-electron chi connectivity index (χ4n) is 3.05. The molecule has 0 amide bonds. The molecule has 0 fully saturated rings. The van der Waals surface area contributed by atoms with Gasteiger partial charge < -0.3 is 15.3 Å². The van der Waals surface area contributed by atoms with Crippen LogP contribution in [0.4, 0.5) is 10.3 Å². The molecule has 1 aromatic carbocycles. The standard InChI is InChI=1S/C22H28FN3O6S.C2H6/c1-13(2)20-18(10-9-16(27)11-17(28)12-19(29)30)21(14-5-7-15(23)8-6-14)25-22(24-20)26(3)33(4,31)32;1-2/h5-10,13,16-17,27-28H,11-12H2,1-4H3,(H,29,30);1-2H3/b10-9+;. The zero-order valence-corrected chi connectivity index (χ0v) is 21.6. The van der Waals surface area contributed by atoms with Crippen molar-refractivity contribution in [3.63, 3.8) is 0 Å². The molecule has 1 heterocycles. The van der Waals surface area contributed by atoms with Crippen LogP contribution >= 0.6 is 0 Å². The Morgan fingerprint density at radius 3 is 2.20 bits per heavy atom. The molecule has 0 saturated carbocycles. The van der Waals surface area contributed by atoms with E-state index in [1.54, 1.807) is 0 Å². The molecular formula is C24H34FN3O6S. The van der Waals surface area contributed by atoms with E-state index in [0.717, 1.165) is 10.6 Å². The molecule has 2 aromatic rings. The first kappa shape index (κ1) is 30.1. The molecule has 35 heavy (non-hydrogen) atoms. The van der Waals surface area contributed by atoms with Gasteiger partial charge >= 0.3 is 5.97 Å². The average molecular weight is 512 g/mol. The molecule has 11 heteroatoms. The van der Waals surface area contributed by atoms with E-state index in [1.165, 1.54) is 43.5 Å². The van der Waals surface area contributed by atoms with Crippen LogP contribution in [0.25, 0.3) is 17.3 Å². The maximum atomic E-state index is 13.5. The fraction of sp³-hybridized carbons (Fsp3) is 0.458. The third-order valence-electron chi connectivity index (χ3n) is 4.82. The number of aliphatic carboxylic acids is 1. The van der Waals surface area contributed by atoms with Gasteiger partial charge in [-0.25, -0.2) is 27.1 Å². The molecule has 0 radical (unpaired) electrons. The number of benzene rings is 1. The van der Waals surface area contributed by atoms with Crippen molar-refractivity contribution in [1.29, 1.82) is 0 Å². The Labute approximate surface area is 206 Å². The van der Waals surface area contributed by atoms with Crippen molar-refractivity contribution >= 4 is 28.0 Å². The number of nitrogens with zero attached hydrogens (tertiary/aromatic N) is 3. The minimum atomic E-state index is -3.65. The van der Waals surface area contributed by atoms with Crippen molar-refractivity contribution < 1.29 is 32.9 Å². The van der Waals surface area contributed by atoms with Gasteiger partial charge in [-0.3, -0.25) is 4.79 Å². The number of carbonyl (C=O) groups is 1. The first-order chi connectivity index (χ1) is 16.3. The van der Waals surface area contributed by atoms with Gasteiger partial charge in [0.15, 0.2) is 0 Å². The monoisotopic (exact) mass is 511 g/mol. The molecule has 0 bridgehead atoms. The SMILES string of the molecule is CC.CC(C)c1nc(N(C)S(C)(=O)=O)nc(-c2ccc(F)cc2)c1/C=C/C(O)CC(O)CC(=O)O. The Balaban J connectivity index is 0.00000298. The minimum Gasteiger partial charge on any atom is -0.481 e. The van der Waals surface area contributed by atoms with Crippen molar-refractivity contribution in [1.82, 2.24) is 9.97 Å². The highest BCUT2D eigenvalue weighted by Gasteiger charge is 2.22. The van der Waals surface area contributed by atoms with E-state index in [2.05, 4.69) is 9.97 Å². The van der Waals surface area contributed by atoms with Crippen LogP contribution in [0.2, 0.25) is 0 Å². The van der Waals surface area contributed by atoms with Gasteiger partial charge in [-0.1, -0.05) is 39.8 Å². The highest BCUT2D eigenvalue weighted by Crippen LogP contribution is 2.31. The fourth-order valence-corrected chi connectivity index (χ4v) is 3.42. The molecule has 0 spiro atoms. The number of carboxylic acids is 1. The molecule has 0 aliphatic carbocycles. The summed E-state index contributed by atoms with van der Waals surface area (Å²) in [6.07, 6.45) is 0.860. The zero-order valence-electron chi connectivity index (χ0n) is 20.8. The largest absolute Gasteiger partial charge is 0.481 e. The maximum absolute atomic E-state index is 13.5. The number of anilines is 1. The average Bonchev–Trinajstić information content (AvgIpc) is 2.77. The Morgan fingerprint density at radius 2 is 1.71 bits per heavy atom. The highest BCUT2D eigenvalue weighted by atomic mass is 32.2. The first-order valence-corrected chi connectivity index (χ1v) is 13.0. The molecule has 2 atom stereocenters. The van der Waals surface area contributed by atoms with Gasteiger partial charge in [-0.15, -0.1) is 0 Å². The lowest BCUT2D eigenvalue weighted by atomic mass is 9.97. The lowest BCUT2D eigenvalue weighted by Gasteiger charge is -2.20. The van der Waals surface area contributed by atoms with E-state index >= 15 is 0 Å².